The van der Waals surface area contributed by atoms with Crippen LogP contribution in [0.25, 0.3) is 11.8 Å². The SMILES string of the molecule is O=C(O)/C=C/c1ccc(-n2cc(C(F)(F)F)cn2)cc1Br. The molecule has 0 spiro atoms. The molecule has 1 aromatic heterocycles. The van der Waals surface area contributed by atoms with Crippen molar-refractivity contribution in [2.45, 2.75) is 6.18 Å². The maximum absolute atomic E-state index is 12.5. The van der Waals surface area contributed by atoms with E-state index in [1.807, 2.05) is 0 Å². The Bertz CT molecular complexity index is 708. The molecule has 0 fully saturated rings. The van der Waals surface area contributed by atoms with Gasteiger partial charge in [-0.05, 0) is 23.8 Å². The lowest BCUT2D eigenvalue weighted by atomic mass is 10.2. The predicted molar refractivity (Wildman–Crippen MR) is 72.9 cm³/mol. The maximum Gasteiger partial charge on any atom is 0.419 e. The maximum atomic E-state index is 12.5. The van der Waals surface area contributed by atoms with Gasteiger partial charge in [0, 0.05) is 16.7 Å². The number of carboxylic acid groups (broad SMARTS) is 1. The van der Waals surface area contributed by atoms with Crippen LogP contribution in [0.15, 0.2) is 41.1 Å². The normalized spacial score (nSPS) is 12.0. The van der Waals surface area contributed by atoms with Gasteiger partial charge in [0.15, 0.2) is 0 Å². The molecule has 21 heavy (non-hydrogen) atoms. The molecule has 1 N–H and O–H groups in total. The van der Waals surface area contributed by atoms with Gasteiger partial charge < -0.3 is 5.11 Å². The van der Waals surface area contributed by atoms with Gasteiger partial charge in [-0.25, -0.2) is 9.48 Å². The lowest BCUT2D eigenvalue weighted by Crippen LogP contribution is -2.03. The molecule has 2 aromatic rings. The molecule has 0 atom stereocenters. The van der Waals surface area contributed by atoms with E-state index in [0.717, 1.165) is 23.2 Å². The third kappa shape index (κ3) is 3.72. The zero-order valence-electron chi connectivity index (χ0n) is 10.3. The summed E-state index contributed by atoms with van der Waals surface area (Å²) in [6, 6.07) is 4.67. The number of halogens is 4. The second-order valence-corrected chi connectivity index (χ2v) is 4.90. The van der Waals surface area contributed by atoms with E-state index < -0.39 is 17.7 Å². The van der Waals surface area contributed by atoms with Crippen molar-refractivity contribution in [3.8, 4) is 5.69 Å². The molecular weight excluding hydrogens is 353 g/mol. The Labute approximate surface area is 125 Å². The number of hydrogen-bond acceptors (Lipinski definition) is 2. The van der Waals surface area contributed by atoms with Crippen LogP contribution in [-0.4, -0.2) is 20.9 Å². The third-order valence-electron chi connectivity index (χ3n) is 2.56. The summed E-state index contributed by atoms with van der Waals surface area (Å²) in [6.07, 6.45) is -0.476. The molecule has 0 aliphatic heterocycles. The van der Waals surface area contributed by atoms with Crippen LogP contribution in [0.1, 0.15) is 11.1 Å². The first-order valence-electron chi connectivity index (χ1n) is 5.60. The summed E-state index contributed by atoms with van der Waals surface area (Å²) < 4.78 is 39.2. The molecule has 8 heteroatoms. The quantitative estimate of drug-likeness (QED) is 0.848. The summed E-state index contributed by atoms with van der Waals surface area (Å²) in [5.41, 5.74) is 0.169. The smallest absolute Gasteiger partial charge is 0.419 e. The van der Waals surface area contributed by atoms with Crippen molar-refractivity contribution < 1.29 is 23.1 Å². The van der Waals surface area contributed by atoms with Gasteiger partial charge in [0.1, 0.15) is 0 Å². The van der Waals surface area contributed by atoms with E-state index in [1.54, 1.807) is 18.2 Å². The van der Waals surface area contributed by atoms with Gasteiger partial charge in [-0.1, -0.05) is 22.0 Å². The lowest BCUT2D eigenvalue weighted by Gasteiger charge is -2.05. The fourth-order valence-corrected chi connectivity index (χ4v) is 2.06. The van der Waals surface area contributed by atoms with E-state index in [0.29, 0.717) is 15.7 Å². The molecule has 0 saturated carbocycles. The molecular formula is C13H8BrF3N2O2. The summed E-state index contributed by atoms with van der Waals surface area (Å²) in [7, 11) is 0. The summed E-state index contributed by atoms with van der Waals surface area (Å²) >= 11 is 3.23. The number of nitrogens with zero attached hydrogens (tertiary/aromatic N) is 2. The van der Waals surface area contributed by atoms with Crippen molar-refractivity contribution in [2.24, 2.45) is 0 Å². The molecule has 4 nitrogen and oxygen atoms in total. The first-order chi connectivity index (χ1) is 9.77. The second kappa shape index (κ2) is 5.72. The molecule has 0 aliphatic carbocycles. The van der Waals surface area contributed by atoms with E-state index in [2.05, 4.69) is 21.0 Å². The van der Waals surface area contributed by atoms with Crippen LogP contribution in [0.2, 0.25) is 0 Å². The molecule has 0 unspecified atom stereocenters. The highest BCUT2D eigenvalue weighted by molar-refractivity contribution is 9.10. The number of rotatable bonds is 3. The highest BCUT2D eigenvalue weighted by Crippen LogP contribution is 2.29. The van der Waals surface area contributed by atoms with Crippen molar-refractivity contribution in [1.29, 1.82) is 0 Å². The van der Waals surface area contributed by atoms with Gasteiger partial charge in [-0.3, -0.25) is 0 Å². The third-order valence-corrected chi connectivity index (χ3v) is 3.25. The van der Waals surface area contributed by atoms with Gasteiger partial charge >= 0.3 is 12.1 Å². The summed E-state index contributed by atoms with van der Waals surface area (Å²) in [5, 5.41) is 12.2. The molecule has 1 heterocycles. The summed E-state index contributed by atoms with van der Waals surface area (Å²) in [5.74, 6) is -1.09. The highest BCUT2D eigenvalue weighted by atomic mass is 79.9. The van der Waals surface area contributed by atoms with E-state index in [-0.39, 0.29) is 0 Å². The Morgan fingerprint density at radius 3 is 2.62 bits per heavy atom. The molecule has 0 aliphatic rings. The molecule has 0 saturated heterocycles. The van der Waals surface area contributed by atoms with Crippen molar-refractivity contribution in [3.05, 3.63) is 52.3 Å². The zero-order valence-corrected chi connectivity index (χ0v) is 11.9. The van der Waals surface area contributed by atoms with Crippen LogP contribution in [0.5, 0.6) is 0 Å². The Morgan fingerprint density at radius 2 is 2.10 bits per heavy atom. The number of alkyl halides is 3. The average molecular weight is 361 g/mol. The topological polar surface area (TPSA) is 55.1 Å². The minimum absolute atomic E-state index is 0.421. The Balaban J connectivity index is 2.32. The van der Waals surface area contributed by atoms with Crippen molar-refractivity contribution >= 4 is 28.0 Å². The Morgan fingerprint density at radius 1 is 1.38 bits per heavy atom. The molecule has 2 rings (SSSR count). The van der Waals surface area contributed by atoms with Crippen LogP contribution >= 0.6 is 15.9 Å². The standard InChI is InChI=1S/C13H8BrF3N2O2/c14-11-5-10(3-1-8(11)2-4-12(20)21)19-7-9(6-18-19)13(15,16)17/h1-7H,(H,20,21)/b4-2+. The number of aliphatic carboxylic acids is 1. The summed E-state index contributed by atoms with van der Waals surface area (Å²) in [4.78, 5) is 10.4. The molecule has 0 amide bonds. The van der Waals surface area contributed by atoms with Gasteiger partial charge in [0.2, 0.25) is 0 Å². The largest absolute Gasteiger partial charge is 0.478 e. The van der Waals surface area contributed by atoms with Crippen molar-refractivity contribution in [3.63, 3.8) is 0 Å². The molecule has 0 radical (unpaired) electrons. The van der Waals surface area contributed by atoms with E-state index in [1.165, 1.54) is 6.08 Å². The van der Waals surface area contributed by atoms with Crippen LogP contribution in [0.4, 0.5) is 13.2 Å². The van der Waals surface area contributed by atoms with Crippen LogP contribution in [0, 0.1) is 0 Å². The van der Waals surface area contributed by atoms with E-state index >= 15 is 0 Å². The lowest BCUT2D eigenvalue weighted by molar-refractivity contribution is -0.137. The van der Waals surface area contributed by atoms with Crippen LogP contribution in [-0.2, 0) is 11.0 Å². The zero-order chi connectivity index (χ0) is 15.6. The van der Waals surface area contributed by atoms with Crippen molar-refractivity contribution in [2.75, 3.05) is 0 Å². The predicted octanol–water partition coefficient (Wildman–Crippen LogP) is 3.75. The minimum atomic E-state index is -4.44. The average Bonchev–Trinajstić information content (AvgIpc) is 2.86. The monoisotopic (exact) mass is 360 g/mol. The summed E-state index contributed by atoms with van der Waals surface area (Å²) in [6.45, 7) is 0. The number of aromatic nitrogens is 2. The van der Waals surface area contributed by atoms with Crippen molar-refractivity contribution in [1.82, 2.24) is 9.78 Å². The first-order valence-corrected chi connectivity index (χ1v) is 6.39. The van der Waals surface area contributed by atoms with Gasteiger partial charge in [0.25, 0.3) is 0 Å². The van der Waals surface area contributed by atoms with E-state index in [4.69, 9.17) is 5.11 Å². The minimum Gasteiger partial charge on any atom is -0.478 e. The number of benzene rings is 1. The van der Waals surface area contributed by atoms with Gasteiger partial charge in [-0.15, -0.1) is 0 Å². The van der Waals surface area contributed by atoms with Crippen LogP contribution in [0.3, 0.4) is 0 Å². The number of carbonyl (C=O) groups is 1. The second-order valence-electron chi connectivity index (χ2n) is 4.05. The van der Waals surface area contributed by atoms with Gasteiger partial charge in [-0.2, -0.15) is 18.3 Å². The first kappa shape index (κ1) is 15.3. The highest BCUT2D eigenvalue weighted by Gasteiger charge is 2.32. The molecule has 0 bridgehead atoms. The Kier molecular flexibility index (Phi) is 4.17. The van der Waals surface area contributed by atoms with Gasteiger partial charge in [0.05, 0.1) is 17.4 Å². The fourth-order valence-electron chi connectivity index (χ4n) is 1.57. The van der Waals surface area contributed by atoms with Crippen LogP contribution < -0.4 is 0 Å². The molecule has 110 valence electrons. The molecule has 1 aromatic carbocycles. The van der Waals surface area contributed by atoms with E-state index in [9.17, 15) is 18.0 Å². The fraction of sp³-hybridized carbons (Fsp3) is 0.0769. The number of hydrogen-bond donors (Lipinski definition) is 1. The Hall–Kier alpha value is -2.09. The number of carboxylic acids is 1.